The van der Waals surface area contributed by atoms with Gasteiger partial charge in [0, 0.05) is 13.1 Å². The van der Waals surface area contributed by atoms with Crippen molar-refractivity contribution in [2.24, 2.45) is 29.6 Å². The number of aliphatic hydroxyl groups is 1. The number of carbonyl (C=O) groups excluding carboxylic acids is 1. The lowest BCUT2D eigenvalue weighted by molar-refractivity contribution is -0.0364. The monoisotopic (exact) mass is 448 g/mol. The summed E-state index contributed by atoms with van der Waals surface area (Å²) < 4.78 is 5.86. The van der Waals surface area contributed by atoms with Crippen LogP contribution in [-0.2, 0) is 6.54 Å². The Balaban J connectivity index is 1.07. The summed E-state index contributed by atoms with van der Waals surface area (Å²) in [6, 6.07) is 17.0. The highest BCUT2D eigenvalue weighted by molar-refractivity contribution is 5.96. The maximum atomic E-state index is 12.7. The quantitative estimate of drug-likeness (QED) is 0.514. The first kappa shape index (κ1) is 22.4. The molecule has 0 spiro atoms. The van der Waals surface area contributed by atoms with Gasteiger partial charge in [-0.2, -0.15) is 0 Å². The predicted octanol–water partition coefficient (Wildman–Crippen LogP) is 4.02. The normalized spacial score (nSPS) is 28.5. The topological polar surface area (TPSA) is 70.6 Å². The van der Waals surface area contributed by atoms with E-state index < -0.39 is 6.10 Å². The summed E-state index contributed by atoms with van der Waals surface area (Å²) in [5.74, 6) is 4.87. The van der Waals surface area contributed by atoms with Crippen LogP contribution in [-0.4, -0.2) is 36.8 Å². The van der Waals surface area contributed by atoms with Crippen LogP contribution in [0.2, 0.25) is 0 Å². The highest BCUT2D eigenvalue weighted by Crippen LogP contribution is 2.56. The van der Waals surface area contributed by atoms with Gasteiger partial charge >= 0.3 is 0 Å². The molecule has 0 saturated heterocycles. The number of rotatable bonds is 10. The molecule has 0 heterocycles. The molecule has 1 unspecified atom stereocenters. The Morgan fingerprint density at radius 1 is 0.939 bits per heavy atom. The van der Waals surface area contributed by atoms with Crippen molar-refractivity contribution in [3.05, 3.63) is 65.7 Å². The number of ether oxygens (including phenoxy) is 1. The molecule has 3 N–H and O–H groups in total. The first-order valence-electron chi connectivity index (χ1n) is 12.6. The molecule has 0 aromatic heterocycles. The lowest BCUT2D eigenvalue weighted by atomic mass is 9.52. The lowest BCUT2D eigenvalue weighted by Gasteiger charge is -2.54. The maximum Gasteiger partial charge on any atom is 0.255 e. The van der Waals surface area contributed by atoms with Crippen molar-refractivity contribution in [3.8, 4) is 5.75 Å². The zero-order chi connectivity index (χ0) is 22.6. The Kier molecular flexibility index (Phi) is 6.98. The Bertz CT molecular complexity index is 904. The van der Waals surface area contributed by atoms with Crippen molar-refractivity contribution in [1.29, 1.82) is 0 Å². The SMILES string of the molecule is O=C(NCc1ccccc1)c1ccccc1OCC(O)CNCC1C2CC3CC(C2)CC1C3. The van der Waals surface area contributed by atoms with Crippen molar-refractivity contribution in [2.75, 3.05) is 19.7 Å². The molecule has 0 aliphatic heterocycles. The Hall–Kier alpha value is -2.37. The number of hydrogen-bond donors (Lipinski definition) is 3. The van der Waals surface area contributed by atoms with Crippen LogP contribution in [0.3, 0.4) is 0 Å². The maximum absolute atomic E-state index is 12.7. The first-order chi connectivity index (χ1) is 16.2. The highest BCUT2D eigenvalue weighted by Gasteiger charge is 2.47. The summed E-state index contributed by atoms with van der Waals surface area (Å²) in [5, 5.41) is 16.9. The molecule has 1 atom stereocenters. The second kappa shape index (κ2) is 10.3. The predicted molar refractivity (Wildman–Crippen MR) is 129 cm³/mol. The van der Waals surface area contributed by atoms with Crippen molar-refractivity contribution >= 4 is 5.91 Å². The molecule has 4 aliphatic carbocycles. The summed E-state index contributed by atoms with van der Waals surface area (Å²) in [6.07, 6.45) is 6.57. The van der Waals surface area contributed by atoms with Crippen LogP contribution in [0.25, 0.3) is 0 Å². The molecular formula is C28H36N2O3. The van der Waals surface area contributed by atoms with Gasteiger partial charge in [-0.05, 0) is 85.9 Å². The third-order valence-corrected chi connectivity index (χ3v) is 8.04. The smallest absolute Gasteiger partial charge is 0.255 e. The zero-order valence-corrected chi connectivity index (χ0v) is 19.3. The third kappa shape index (κ3) is 5.42. The Morgan fingerprint density at radius 3 is 2.33 bits per heavy atom. The van der Waals surface area contributed by atoms with Gasteiger partial charge in [-0.1, -0.05) is 42.5 Å². The van der Waals surface area contributed by atoms with Crippen molar-refractivity contribution in [1.82, 2.24) is 10.6 Å². The minimum Gasteiger partial charge on any atom is -0.490 e. The number of nitrogens with one attached hydrogen (secondary N) is 2. The van der Waals surface area contributed by atoms with Crippen LogP contribution in [0, 0.1) is 29.6 Å². The third-order valence-electron chi connectivity index (χ3n) is 8.04. The van der Waals surface area contributed by atoms with E-state index in [1.807, 2.05) is 42.5 Å². The van der Waals surface area contributed by atoms with Crippen LogP contribution >= 0.6 is 0 Å². The van der Waals surface area contributed by atoms with Gasteiger partial charge in [0.25, 0.3) is 5.91 Å². The molecule has 6 rings (SSSR count). The summed E-state index contributed by atoms with van der Waals surface area (Å²) in [5.41, 5.74) is 1.53. The fourth-order valence-electron chi connectivity index (χ4n) is 6.69. The van der Waals surface area contributed by atoms with E-state index in [9.17, 15) is 9.90 Å². The Morgan fingerprint density at radius 2 is 1.61 bits per heavy atom. The van der Waals surface area contributed by atoms with Gasteiger partial charge in [-0.25, -0.2) is 0 Å². The summed E-state index contributed by atoms with van der Waals surface area (Å²) in [7, 11) is 0. The van der Waals surface area contributed by atoms with Crippen molar-refractivity contribution < 1.29 is 14.6 Å². The van der Waals surface area contributed by atoms with E-state index in [2.05, 4.69) is 10.6 Å². The molecule has 4 aliphatic rings. The van der Waals surface area contributed by atoms with Crippen LogP contribution in [0.15, 0.2) is 54.6 Å². The molecule has 1 amide bonds. The van der Waals surface area contributed by atoms with E-state index in [0.29, 0.717) is 24.4 Å². The van der Waals surface area contributed by atoms with Crippen molar-refractivity contribution in [3.63, 3.8) is 0 Å². The van der Waals surface area contributed by atoms with E-state index in [4.69, 9.17) is 4.74 Å². The zero-order valence-electron chi connectivity index (χ0n) is 19.3. The molecule has 4 saturated carbocycles. The van der Waals surface area contributed by atoms with E-state index >= 15 is 0 Å². The number of carbonyl (C=O) groups is 1. The molecule has 4 bridgehead atoms. The molecule has 4 fully saturated rings. The number of benzene rings is 2. The average Bonchev–Trinajstić information content (AvgIpc) is 2.83. The van der Waals surface area contributed by atoms with E-state index in [-0.39, 0.29) is 12.5 Å². The van der Waals surface area contributed by atoms with Crippen LogP contribution in [0.1, 0.15) is 48.0 Å². The van der Waals surface area contributed by atoms with E-state index in [1.54, 1.807) is 12.1 Å². The molecule has 2 aromatic carbocycles. The summed E-state index contributed by atoms with van der Waals surface area (Å²) >= 11 is 0. The number of amides is 1. The minimum atomic E-state index is -0.609. The molecular weight excluding hydrogens is 412 g/mol. The summed E-state index contributed by atoms with van der Waals surface area (Å²) in [6.45, 7) is 2.15. The standard InChI is InChI=1S/C28H36N2O3/c31-24(16-29-17-26-22-11-20-10-21(13-22)14-23(26)12-20)18-33-27-9-5-4-8-25(27)28(32)30-15-19-6-2-1-3-7-19/h1-9,20-24,26,29,31H,10-18H2,(H,30,32). The van der Waals surface area contributed by atoms with Gasteiger partial charge in [-0.3, -0.25) is 4.79 Å². The molecule has 2 aromatic rings. The molecule has 176 valence electrons. The second-order valence-corrected chi connectivity index (χ2v) is 10.4. The van der Waals surface area contributed by atoms with Crippen molar-refractivity contribution in [2.45, 2.75) is 44.8 Å². The largest absolute Gasteiger partial charge is 0.490 e. The van der Waals surface area contributed by atoms with Gasteiger partial charge < -0.3 is 20.5 Å². The summed E-state index contributed by atoms with van der Waals surface area (Å²) in [4.78, 5) is 12.7. The van der Waals surface area contributed by atoms with Gasteiger partial charge in [0.05, 0.1) is 5.56 Å². The Labute approximate surface area is 196 Å². The minimum absolute atomic E-state index is 0.164. The number of para-hydroxylation sites is 1. The lowest BCUT2D eigenvalue weighted by Crippen LogP contribution is -2.49. The molecule has 33 heavy (non-hydrogen) atoms. The molecule has 5 heteroatoms. The molecule has 5 nitrogen and oxygen atoms in total. The van der Waals surface area contributed by atoms with E-state index in [1.165, 1.54) is 32.1 Å². The van der Waals surface area contributed by atoms with Crippen LogP contribution < -0.4 is 15.4 Å². The fraction of sp³-hybridized carbons (Fsp3) is 0.536. The van der Waals surface area contributed by atoms with E-state index in [0.717, 1.165) is 41.7 Å². The van der Waals surface area contributed by atoms with Gasteiger partial charge in [-0.15, -0.1) is 0 Å². The fourth-order valence-corrected chi connectivity index (χ4v) is 6.69. The first-order valence-corrected chi connectivity index (χ1v) is 12.6. The second-order valence-electron chi connectivity index (χ2n) is 10.4. The van der Waals surface area contributed by atoms with Crippen LogP contribution in [0.5, 0.6) is 5.75 Å². The number of hydrogen-bond acceptors (Lipinski definition) is 4. The van der Waals surface area contributed by atoms with Gasteiger partial charge in [0.15, 0.2) is 0 Å². The highest BCUT2D eigenvalue weighted by atomic mass is 16.5. The van der Waals surface area contributed by atoms with Gasteiger partial charge in [0.2, 0.25) is 0 Å². The average molecular weight is 449 g/mol. The van der Waals surface area contributed by atoms with Crippen LogP contribution in [0.4, 0.5) is 0 Å². The number of aliphatic hydroxyl groups excluding tert-OH is 1. The van der Waals surface area contributed by atoms with Gasteiger partial charge in [0.1, 0.15) is 18.5 Å². The molecule has 0 radical (unpaired) electrons.